The lowest BCUT2D eigenvalue weighted by Crippen LogP contribution is -2.13. The molecule has 1 heterocycles. The quantitative estimate of drug-likeness (QED) is 0.790. The van der Waals surface area contributed by atoms with Crippen molar-refractivity contribution in [2.75, 3.05) is 6.61 Å². The molecule has 86 valence electrons. The number of hydrogen-bond acceptors (Lipinski definition) is 2. The molecule has 16 heavy (non-hydrogen) atoms. The summed E-state index contributed by atoms with van der Waals surface area (Å²) in [5, 5.41) is 0.761. The molecule has 2 rings (SSSR count). The Kier molecular flexibility index (Phi) is 3.49. The summed E-state index contributed by atoms with van der Waals surface area (Å²) in [5.41, 5.74) is 1.15. The van der Waals surface area contributed by atoms with E-state index in [0.29, 0.717) is 18.6 Å². The first-order valence-electron chi connectivity index (χ1n) is 5.59. The Morgan fingerprint density at radius 1 is 1.50 bits per heavy atom. The van der Waals surface area contributed by atoms with Gasteiger partial charge < -0.3 is 4.74 Å². The van der Waals surface area contributed by atoms with Crippen molar-refractivity contribution in [3.63, 3.8) is 0 Å². The van der Waals surface area contributed by atoms with Crippen molar-refractivity contribution in [2.24, 2.45) is 10.9 Å². The van der Waals surface area contributed by atoms with E-state index in [1.165, 1.54) is 0 Å². The van der Waals surface area contributed by atoms with Gasteiger partial charge in [0, 0.05) is 11.4 Å². The lowest BCUT2D eigenvalue weighted by molar-refractivity contribution is 0.287. The van der Waals surface area contributed by atoms with Gasteiger partial charge in [0.15, 0.2) is 5.90 Å². The number of ether oxygens (including phenoxy) is 1. The minimum Gasteiger partial charge on any atom is -0.478 e. The fraction of sp³-hybridized carbons (Fsp3) is 0.462. The van der Waals surface area contributed by atoms with Crippen molar-refractivity contribution in [1.29, 1.82) is 0 Å². The monoisotopic (exact) mass is 237 g/mol. The summed E-state index contributed by atoms with van der Waals surface area (Å²) in [4.78, 5) is 4.56. The molecular formula is C13H16ClNO. The molecule has 0 fully saturated rings. The number of nitrogens with zero attached hydrogens (tertiary/aromatic N) is 1. The molecule has 0 spiro atoms. The summed E-state index contributed by atoms with van der Waals surface area (Å²) < 4.78 is 5.58. The van der Waals surface area contributed by atoms with Gasteiger partial charge in [-0.2, -0.15) is 0 Å². The summed E-state index contributed by atoms with van der Waals surface area (Å²) in [7, 11) is 0. The highest BCUT2D eigenvalue weighted by Gasteiger charge is 2.21. The molecule has 1 aliphatic rings. The molecule has 1 aliphatic heterocycles. The molecule has 1 aromatic carbocycles. The van der Waals surface area contributed by atoms with Crippen LogP contribution in [0.4, 0.5) is 0 Å². The van der Waals surface area contributed by atoms with E-state index < -0.39 is 0 Å². The summed E-state index contributed by atoms with van der Waals surface area (Å²) in [6.07, 6.45) is 0.740. The average molecular weight is 238 g/mol. The minimum atomic E-state index is 0.314. The van der Waals surface area contributed by atoms with E-state index in [1.807, 2.05) is 24.3 Å². The summed E-state index contributed by atoms with van der Waals surface area (Å²) in [6.45, 7) is 5.05. The smallest absolute Gasteiger partial charge is 0.188 e. The third-order valence-electron chi connectivity index (χ3n) is 2.74. The van der Waals surface area contributed by atoms with Crippen molar-refractivity contribution < 1.29 is 4.74 Å². The number of hydrogen-bond donors (Lipinski definition) is 0. The Balaban J connectivity index is 2.03. The maximum absolute atomic E-state index is 5.93. The Morgan fingerprint density at radius 3 is 2.94 bits per heavy atom. The summed E-state index contributed by atoms with van der Waals surface area (Å²) in [6, 6.07) is 8.14. The van der Waals surface area contributed by atoms with Crippen LogP contribution in [0.2, 0.25) is 5.02 Å². The second-order valence-corrected chi connectivity index (χ2v) is 4.89. The second-order valence-electron chi connectivity index (χ2n) is 4.45. The van der Waals surface area contributed by atoms with E-state index in [2.05, 4.69) is 18.8 Å². The maximum Gasteiger partial charge on any atom is 0.188 e. The van der Waals surface area contributed by atoms with Gasteiger partial charge in [-0.3, -0.25) is 0 Å². The first-order valence-corrected chi connectivity index (χ1v) is 5.97. The summed E-state index contributed by atoms with van der Waals surface area (Å²) >= 11 is 5.93. The van der Waals surface area contributed by atoms with Gasteiger partial charge in [0.2, 0.25) is 0 Å². The Labute approximate surface area is 101 Å². The van der Waals surface area contributed by atoms with E-state index in [4.69, 9.17) is 16.3 Å². The fourth-order valence-corrected chi connectivity index (χ4v) is 1.91. The van der Waals surface area contributed by atoms with Crippen LogP contribution in [0.1, 0.15) is 19.4 Å². The number of benzene rings is 1. The van der Waals surface area contributed by atoms with Crippen molar-refractivity contribution in [3.05, 3.63) is 34.9 Å². The van der Waals surface area contributed by atoms with Gasteiger partial charge in [0.05, 0.1) is 6.04 Å². The molecule has 0 saturated carbocycles. The Hall–Kier alpha value is -1.02. The van der Waals surface area contributed by atoms with Crippen molar-refractivity contribution in [3.8, 4) is 0 Å². The van der Waals surface area contributed by atoms with E-state index >= 15 is 0 Å². The van der Waals surface area contributed by atoms with Crippen LogP contribution >= 0.6 is 11.6 Å². The van der Waals surface area contributed by atoms with E-state index in [0.717, 1.165) is 22.9 Å². The second kappa shape index (κ2) is 4.88. The first-order chi connectivity index (χ1) is 7.65. The van der Waals surface area contributed by atoms with Crippen LogP contribution in [0, 0.1) is 5.92 Å². The molecule has 0 bridgehead atoms. The zero-order valence-electron chi connectivity index (χ0n) is 9.61. The van der Waals surface area contributed by atoms with Crippen LogP contribution in [-0.4, -0.2) is 18.5 Å². The first kappa shape index (κ1) is 11.5. The molecule has 0 N–H and O–H groups in total. The molecule has 0 aromatic heterocycles. The molecule has 0 radical (unpaired) electrons. The molecular weight excluding hydrogens is 222 g/mol. The van der Waals surface area contributed by atoms with Gasteiger partial charge in [-0.05, 0) is 23.6 Å². The zero-order valence-corrected chi connectivity index (χ0v) is 10.4. The highest BCUT2D eigenvalue weighted by molar-refractivity contribution is 6.30. The molecule has 0 amide bonds. The van der Waals surface area contributed by atoms with Crippen LogP contribution in [0.15, 0.2) is 29.3 Å². The number of halogens is 1. The molecule has 0 saturated heterocycles. The Morgan fingerprint density at radius 2 is 2.31 bits per heavy atom. The van der Waals surface area contributed by atoms with Crippen LogP contribution < -0.4 is 0 Å². The normalized spacial score (nSPS) is 19.8. The predicted octanol–water partition coefficient (Wildman–Crippen LogP) is 3.34. The van der Waals surface area contributed by atoms with E-state index in [1.54, 1.807) is 0 Å². The minimum absolute atomic E-state index is 0.314. The SMILES string of the molecule is CC(C)[C@H]1COC(Cc2cccc(Cl)c2)=N1. The zero-order chi connectivity index (χ0) is 11.5. The van der Waals surface area contributed by atoms with Crippen molar-refractivity contribution in [1.82, 2.24) is 0 Å². The van der Waals surface area contributed by atoms with Crippen LogP contribution in [-0.2, 0) is 11.2 Å². The van der Waals surface area contributed by atoms with E-state index in [9.17, 15) is 0 Å². The topological polar surface area (TPSA) is 21.6 Å². The van der Waals surface area contributed by atoms with Gasteiger partial charge in [-0.15, -0.1) is 0 Å². The van der Waals surface area contributed by atoms with E-state index in [-0.39, 0.29) is 0 Å². The van der Waals surface area contributed by atoms with Gasteiger partial charge >= 0.3 is 0 Å². The highest BCUT2D eigenvalue weighted by atomic mass is 35.5. The number of rotatable bonds is 3. The predicted molar refractivity (Wildman–Crippen MR) is 67.2 cm³/mol. The fourth-order valence-electron chi connectivity index (χ4n) is 1.70. The number of aliphatic imine (C=N–C) groups is 1. The van der Waals surface area contributed by atoms with Gasteiger partial charge in [0.25, 0.3) is 0 Å². The Bertz CT molecular complexity index is 401. The summed E-state index contributed by atoms with van der Waals surface area (Å²) in [5.74, 6) is 1.37. The van der Waals surface area contributed by atoms with Gasteiger partial charge in [-0.25, -0.2) is 4.99 Å². The van der Waals surface area contributed by atoms with Crippen molar-refractivity contribution in [2.45, 2.75) is 26.3 Å². The van der Waals surface area contributed by atoms with Crippen molar-refractivity contribution >= 4 is 17.5 Å². The molecule has 0 aliphatic carbocycles. The van der Waals surface area contributed by atoms with Crippen LogP contribution in [0.25, 0.3) is 0 Å². The lowest BCUT2D eigenvalue weighted by Gasteiger charge is -2.06. The molecule has 1 atom stereocenters. The lowest BCUT2D eigenvalue weighted by atomic mass is 10.1. The largest absolute Gasteiger partial charge is 0.478 e. The average Bonchev–Trinajstić information content (AvgIpc) is 2.66. The van der Waals surface area contributed by atoms with Crippen LogP contribution in [0.3, 0.4) is 0 Å². The third kappa shape index (κ3) is 2.76. The van der Waals surface area contributed by atoms with Gasteiger partial charge in [-0.1, -0.05) is 37.6 Å². The van der Waals surface area contributed by atoms with Crippen LogP contribution in [0.5, 0.6) is 0 Å². The molecule has 3 heteroatoms. The molecule has 0 unspecified atom stereocenters. The molecule has 2 nitrogen and oxygen atoms in total. The molecule has 1 aromatic rings. The third-order valence-corrected chi connectivity index (χ3v) is 2.98. The van der Waals surface area contributed by atoms with Gasteiger partial charge in [0.1, 0.15) is 6.61 Å². The standard InChI is InChI=1S/C13H16ClNO/c1-9(2)12-8-16-13(15-12)7-10-4-3-5-11(14)6-10/h3-6,9,12H,7-8H2,1-2H3/t12-/m1/s1. The maximum atomic E-state index is 5.93. The highest BCUT2D eigenvalue weighted by Crippen LogP contribution is 2.17.